The van der Waals surface area contributed by atoms with E-state index >= 15 is 0 Å². The standard InChI is InChI=1S/C14H24N2O7S/c1-3-24-6-8-4-5-22-14(8,21)11(19)16-13(10(15)18)9(17)12(2,20)7-23-13/h8-9,17,20-21H,3-7H2,1-2H3,(H2,15,18)(H,16,19)/t8?,9-,12-,13?,14?/m0/s1. The molecule has 0 aromatic rings. The van der Waals surface area contributed by atoms with Crippen molar-refractivity contribution >= 4 is 23.6 Å². The number of nitrogens with one attached hydrogen (secondary N) is 1. The molecule has 3 unspecified atom stereocenters. The number of primary amides is 1. The van der Waals surface area contributed by atoms with Crippen molar-refractivity contribution in [2.45, 2.75) is 43.5 Å². The van der Waals surface area contributed by atoms with Crippen LogP contribution in [-0.4, -0.2) is 75.1 Å². The quantitative estimate of drug-likeness (QED) is 0.360. The third-order valence-electron chi connectivity index (χ3n) is 4.42. The van der Waals surface area contributed by atoms with E-state index in [1.807, 2.05) is 6.92 Å². The van der Waals surface area contributed by atoms with Crippen LogP contribution >= 0.6 is 11.8 Å². The van der Waals surface area contributed by atoms with Crippen LogP contribution in [0.2, 0.25) is 0 Å². The molecule has 0 aliphatic carbocycles. The van der Waals surface area contributed by atoms with E-state index in [1.54, 1.807) is 11.8 Å². The first-order chi connectivity index (χ1) is 11.1. The molecule has 2 amide bonds. The van der Waals surface area contributed by atoms with E-state index in [0.29, 0.717) is 12.2 Å². The molecule has 9 nitrogen and oxygen atoms in total. The number of hydrogen-bond donors (Lipinski definition) is 5. The summed E-state index contributed by atoms with van der Waals surface area (Å²) in [6.45, 7) is 2.97. The number of aliphatic hydroxyl groups excluding tert-OH is 1. The van der Waals surface area contributed by atoms with E-state index < -0.39 is 47.6 Å². The monoisotopic (exact) mass is 364 g/mol. The number of thioether (sulfide) groups is 1. The minimum atomic E-state index is -2.33. The van der Waals surface area contributed by atoms with E-state index in [-0.39, 0.29) is 6.61 Å². The van der Waals surface area contributed by atoms with Crippen molar-refractivity contribution in [2.75, 3.05) is 24.7 Å². The third kappa shape index (κ3) is 3.14. The van der Waals surface area contributed by atoms with Crippen molar-refractivity contribution in [2.24, 2.45) is 11.7 Å². The Kier molecular flexibility index (Phi) is 5.48. The first kappa shape index (κ1) is 19.4. The molecular weight excluding hydrogens is 340 g/mol. The molecule has 2 aliphatic rings. The van der Waals surface area contributed by atoms with Gasteiger partial charge in [0.2, 0.25) is 0 Å². The van der Waals surface area contributed by atoms with Gasteiger partial charge in [0, 0.05) is 11.7 Å². The summed E-state index contributed by atoms with van der Waals surface area (Å²) in [5, 5.41) is 33.0. The number of rotatable bonds is 6. The first-order valence-corrected chi connectivity index (χ1v) is 8.86. The molecule has 2 aliphatic heterocycles. The number of amides is 2. The van der Waals surface area contributed by atoms with Crippen LogP contribution in [0.1, 0.15) is 20.3 Å². The van der Waals surface area contributed by atoms with E-state index in [9.17, 15) is 24.9 Å². The minimum Gasteiger partial charge on any atom is -0.385 e. The molecular formula is C14H24N2O7S. The van der Waals surface area contributed by atoms with Gasteiger partial charge in [-0.05, 0) is 19.1 Å². The molecule has 24 heavy (non-hydrogen) atoms. The molecule has 6 N–H and O–H groups in total. The van der Waals surface area contributed by atoms with E-state index in [0.717, 1.165) is 5.75 Å². The maximum absolute atomic E-state index is 12.6. The van der Waals surface area contributed by atoms with E-state index in [2.05, 4.69) is 5.32 Å². The second kappa shape index (κ2) is 6.77. The Morgan fingerprint density at radius 2 is 2.04 bits per heavy atom. The van der Waals surface area contributed by atoms with Crippen molar-refractivity contribution in [3.63, 3.8) is 0 Å². The van der Waals surface area contributed by atoms with Gasteiger partial charge in [0.15, 0.2) is 0 Å². The molecule has 2 heterocycles. The van der Waals surface area contributed by atoms with Crippen molar-refractivity contribution < 1.29 is 34.4 Å². The van der Waals surface area contributed by atoms with Crippen LogP contribution in [0.3, 0.4) is 0 Å². The Bertz CT molecular complexity index is 517. The molecule has 2 saturated heterocycles. The maximum Gasteiger partial charge on any atom is 0.283 e. The summed E-state index contributed by atoms with van der Waals surface area (Å²) in [5.41, 5.74) is 1.17. The SMILES string of the molecule is CCSCC1CCOC1(O)C(=O)NC1(C(N)=O)OC[C@](C)(O)[C@@H]1O. The summed E-state index contributed by atoms with van der Waals surface area (Å²) < 4.78 is 10.4. The highest BCUT2D eigenvalue weighted by atomic mass is 32.2. The zero-order valence-corrected chi connectivity index (χ0v) is 14.5. The first-order valence-electron chi connectivity index (χ1n) is 7.71. The minimum absolute atomic E-state index is 0.184. The van der Waals surface area contributed by atoms with Gasteiger partial charge < -0.3 is 35.8 Å². The number of nitrogens with two attached hydrogens (primary N) is 1. The van der Waals surface area contributed by atoms with Gasteiger partial charge in [-0.1, -0.05) is 6.92 Å². The fourth-order valence-electron chi connectivity index (χ4n) is 2.86. The number of carbonyl (C=O) groups is 2. The lowest BCUT2D eigenvalue weighted by atomic mass is 9.92. The molecule has 0 spiro atoms. The Hall–Kier alpha value is -0.910. The highest BCUT2D eigenvalue weighted by Crippen LogP contribution is 2.36. The summed E-state index contributed by atoms with van der Waals surface area (Å²) >= 11 is 1.54. The van der Waals surface area contributed by atoms with Gasteiger partial charge in [-0.25, -0.2) is 0 Å². The molecule has 0 radical (unpaired) electrons. The predicted octanol–water partition coefficient (Wildman–Crippen LogP) is -2.10. The number of aliphatic hydroxyl groups is 3. The Balaban J connectivity index is 2.21. The zero-order valence-electron chi connectivity index (χ0n) is 13.7. The summed E-state index contributed by atoms with van der Waals surface area (Å²) in [5.74, 6) is -3.54. The van der Waals surface area contributed by atoms with Crippen molar-refractivity contribution in [1.82, 2.24) is 5.32 Å². The molecule has 5 atom stereocenters. The fourth-order valence-corrected chi connectivity index (χ4v) is 3.78. The van der Waals surface area contributed by atoms with Gasteiger partial charge in [0.25, 0.3) is 23.3 Å². The Labute approximate surface area is 143 Å². The normalized spacial score (nSPS) is 42.2. The van der Waals surface area contributed by atoms with Gasteiger partial charge in [0.1, 0.15) is 11.7 Å². The number of hydrogen-bond acceptors (Lipinski definition) is 8. The average Bonchev–Trinajstić information content (AvgIpc) is 3.00. The van der Waals surface area contributed by atoms with Gasteiger partial charge >= 0.3 is 0 Å². The molecule has 0 saturated carbocycles. The van der Waals surface area contributed by atoms with Crippen LogP contribution < -0.4 is 11.1 Å². The summed E-state index contributed by atoms with van der Waals surface area (Å²) in [6, 6.07) is 0. The van der Waals surface area contributed by atoms with Crippen LogP contribution in [0.25, 0.3) is 0 Å². The lowest BCUT2D eigenvalue weighted by molar-refractivity contribution is -0.209. The molecule has 0 aromatic heterocycles. The Morgan fingerprint density at radius 1 is 1.38 bits per heavy atom. The van der Waals surface area contributed by atoms with Crippen molar-refractivity contribution in [3.8, 4) is 0 Å². The van der Waals surface area contributed by atoms with Crippen LogP contribution in [0.15, 0.2) is 0 Å². The molecule has 0 aromatic carbocycles. The van der Waals surface area contributed by atoms with Gasteiger partial charge in [-0.2, -0.15) is 11.8 Å². The van der Waals surface area contributed by atoms with Crippen LogP contribution in [0.5, 0.6) is 0 Å². The number of carbonyl (C=O) groups excluding carboxylic acids is 2. The number of ether oxygens (including phenoxy) is 2. The second-order valence-electron chi connectivity index (χ2n) is 6.29. The van der Waals surface area contributed by atoms with Crippen LogP contribution in [-0.2, 0) is 19.1 Å². The molecule has 0 bridgehead atoms. The fraction of sp³-hybridized carbons (Fsp3) is 0.857. The lowest BCUT2D eigenvalue weighted by Crippen LogP contribution is -2.69. The highest BCUT2D eigenvalue weighted by molar-refractivity contribution is 7.99. The van der Waals surface area contributed by atoms with E-state index in [1.165, 1.54) is 6.92 Å². The topological polar surface area (TPSA) is 151 Å². The molecule has 2 fully saturated rings. The molecule has 2 rings (SSSR count). The predicted molar refractivity (Wildman–Crippen MR) is 84.7 cm³/mol. The zero-order chi connectivity index (χ0) is 18.2. The van der Waals surface area contributed by atoms with Crippen molar-refractivity contribution in [3.05, 3.63) is 0 Å². The van der Waals surface area contributed by atoms with E-state index in [4.69, 9.17) is 15.2 Å². The van der Waals surface area contributed by atoms with Crippen LogP contribution in [0, 0.1) is 5.92 Å². The van der Waals surface area contributed by atoms with Gasteiger partial charge in [-0.15, -0.1) is 0 Å². The highest BCUT2D eigenvalue weighted by Gasteiger charge is 2.62. The summed E-state index contributed by atoms with van der Waals surface area (Å²) in [7, 11) is 0. The third-order valence-corrected chi connectivity index (χ3v) is 5.47. The van der Waals surface area contributed by atoms with Gasteiger partial charge in [-0.3, -0.25) is 9.59 Å². The van der Waals surface area contributed by atoms with Crippen molar-refractivity contribution in [1.29, 1.82) is 0 Å². The molecule has 10 heteroatoms. The summed E-state index contributed by atoms with van der Waals surface area (Å²) in [6.07, 6.45) is -1.32. The van der Waals surface area contributed by atoms with Crippen LogP contribution in [0.4, 0.5) is 0 Å². The molecule has 138 valence electrons. The second-order valence-corrected chi connectivity index (χ2v) is 7.61. The lowest BCUT2D eigenvalue weighted by Gasteiger charge is -2.35. The Morgan fingerprint density at radius 3 is 2.54 bits per heavy atom. The average molecular weight is 364 g/mol. The largest absolute Gasteiger partial charge is 0.385 e. The smallest absolute Gasteiger partial charge is 0.283 e. The maximum atomic E-state index is 12.6. The van der Waals surface area contributed by atoms with Gasteiger partial charge in [0.05, 0.1) is 13.2 Å². The summed E-state index contributed by atoms with van der Waals surface area (Å²) in [4.78, 5) is 24.4.